The molecule has 0 radical (unpaired) electrons. The highest BCUT2D eigenvalue weighted by Gasteiger charge is 2.02. The lowest BCUT2D eigenvalue weighted by Gasteiger charge is -2.02. The number of methoxy groups -OCH3 is 1. The molecule has 0 aliphatic carbocycles. The number of rotatable bonds is 1. The summed E-state index contributed by atoms with van der Waals surface area (Å²) in [5, 5.41) is 0.575. The molecule has 0 atom stereocenters. The standard InChI is InChI=1S/C10H10N2O2/c1-14-6-2-3-7-9(4-6)12-5-8(11)10(7)13/h2-5H,11H2,1H3,(H,12,13). The minimum Gasteiger partial charge on any atom is -0.497 e. The summed E-state index contributed by atoms with van der Waals surface area (Å²) in [5.74, 6) is 0.706. The second-order valence-corrected chi connectivity index (χ2v) is 2.98. The van der Waals surface area contributed by atoms with Gasteiger partial charge < -0.3 is 15.5 Å². The molecule has 0 bridgehead atoms. The van der Waals surface area contributed by atoms with E-state index in [9.17, 15) is 4.79 Å². The fourth-order valence-corrected chi connectivity index (χ4v) is 1.34. The maximum Gasteiger partial charge on any atom is 0.212 e. The lowest BCUT2D eigenvalue weighted by atomic mass is 10.2. The molecule has 4 nitrogen and oxygen atoms in total. The number of aromatic nitrogens is 1. The van der Waals surface area contributed by atoms with Crippen molar-refractivity contribution in [1.82, 2.24) is 4.98 Å². The van der Waals surface area contributed by atoms with Crippen LogP contribution in [0.4, 0.5) is 5.69 Å². The van der Waals surface area contributed by atoms with Crippen LogP contribution in [0, 0.1) is 0 Å². The molecule has 0 amide bonds. The van der Waals surface area contributed by atoms with Gasteiger partial charge in [0.15, 0.2) is 0 Å². The van der Waals surface area contributed by atoms with Gasteiger partial charge in [-0.25, -0.2) is 0 Å². The lowest BCUT2D eigenvalue weighted by molar-refractivity contribution is 0.415. The minimum atomic E-state index is -0.151. The smallest absolute Gasteiger partial charge is 0.212 e. The van der Waals surface area contributed by atoms with Crippen molar-refractivity contribution in [3.63, 3.8) is 0 Å². The number of nitrogen functional groups attached to an aromatic ring is 1. The summed E-state index contributed by atoms with van der Waals surface area (Å²) in [6, 6.07) is 5.19. The zero-order chi connectivity index (χ0) is 10.1. The van der Waals surface area contributed by atoms with E-state index in [0.717, 1.165) is 5.52 Å². The molecule has 1 heterocycles. The molecule has 2 aromatic rings. The van der Waals surface area contributed by atoms with Crippen LogP contribution >= 0.6 is 0 Å². The number of aromatic amines is 1. The molecule has 1 aromatic carbocycles. The van der Waals surface area contributed by atoms with Gasteiger partial charge in [-0.05, 0) is 12.1 Å². The Kier molecular flexibility index (Phi) is 1.89. The zero-order valence-electron chi connectivity index (χ0n) is 7.70. The highest BCUT2D eigenvalue weighted by Crippen LogP contribution is 2.16. The first kappa shape index (κ1) is 8.62. The van der Waals surface area contributed by atoms with Crippen molar-refractivity contribution in [2.45, 2.75) is 0 Å². The molecule has 14 heavy (non-hydrogen) atoms. The van der Waals surface area contributed by atoms with Crippen molar-refractivity contribution in [3.05, 3.63) is 34.6 Å². The first-order valence-corrected chi connectivity index (χ1v) is 4.17. The van der Waals surface area contributed by atoms with Gasteiger partial charge in [0, 0.05) is 17.6 Å². The van der Waals surface area contributed by atoms with Crippen LogP contribution in [-0.4, -0.2) is 12.1 Å². The van der Waals surface area contributed by atoms with Crippen molar-refractivity contribution in [3.8, 4) is 5.75 Å². The quantitative estimate of drug-likeness (QED) is 0.708. The molecule has 0 aliphatic rings. The number of H-pyrrole nitrogens is 1. The fourth-order valence-electron chi connectivity index (χ4n) is 1.34. The molecule has 4 heteroatoms. The number of anilines is 1. The van der Waals surface area contributed by atoms with Crippen LogP contribution in [-0.2, 0) is 0 Å². The molecule has 0 saturated heterocycles. The van der Waals surface area contributed by atoms with E-state index in [0.29, 0.717) is 11.1 Å². The third-order valence-electron chi connectivity index (χ3n) is 2.12. The van der Waals surface area contributed by atoms with E-state index >= 15 is 0 Å². The number of nitrogens with two attached hydrogens (primary N) is 1. The lowest BCUT2D eigenvalue weighted by Crippen LogP contribution is -2.08. The van der Waals surface area contributed by atoms with Crippen LogP contribution in [0.2, 0.25) is 0 Å². The van der Waals surface area contributed by atoms with Gasteiger partial charge in [-0.1, -0.05) is 0 Å². The van der Waals surface area contributed by atoms with E-state index in [-0.39, 0.29) is 11.1 Å². The molecular weight excluding hydrogens is 180 g/mol. The molecule has 0 fully saturated rings. The predicted molar refractivity (Wildman–Crippen MR) is 55.5 cm³/mol. The first-order valence-electron chi connectivity index (χ1n) is 4.17. The van der Waals surface area contributed by atoms with Gasteiger partial charge in [0.2, 0.25) is 5.43 Å². The van der Waals surface area contributed by atoms with Gasteiger partial charge in [0.1, 0.15) is 5.75 Å². The molecule has 0 aliphatic heterocycles. The topological polar surface area (TPSA) is 68.1 Å². The second-order valence-electron chi connectivity index (χ2n) is 2.98. The monoisotopic (exact) mass is 190 g/mol. The summed E-state index contributed by atoms with van der Waals surface area (Å²) in [6.45, 7) is 0. The van der Waals surface area contributed by atoms with Crippen molar-refractivity contribution >= 4 is 16.6 Å². The molecule has 3 N–H and O–H groups in total. The average Bonchev–Trinajstić information content (AvgIpc) is 2.23. The van der Waals surface area contributed by atoms with Crippen molar-refractivity contribution < 1.29 is 4.74 Å². The summed E-state index contributed by atoms with van der Waals surface area (Å²) in [6.07, 6.45) is 1.49. The summed E-state index contributed by atoms with van der Waals surface area (Å²) >= 11 is 0. The summed E-state index contributed by atoms with van der Waals surface area (Å²) in [5.41, 5.74) is 6.28. The van der Waals surface area contributed by atoms with Crippen molar-refractivity contribution in [2.75, 3.05) is 12.8 Å². The Labute approximate surface area is 80.3 Å². The Bertz CT molecular complexity index is 531. The minimum absolute atomic E-state index is 0.151. The van der Waals surface area contributed by atoms with Gasteiger partial charge in [0.05, 0.1) is 18.3 Å². The normalized spacial score (nSPS) is 10.4. The Morgan fingerprint density at radius 1 is 1.43 bits per heavy atom. The molecule has 2 rings (SSSR count). The summed E-state index contributed by atoms with van der Waals surface area (Å²) in [7, 11) is 1.58. The third kappa shape index (κ3) is 1.21. The molecule has 0 unspecified atom stereocenters. The number of ether oxygens (including phenoxy) is 1. The molecule has 72 valence electrons. The second kappa shape index (κ2) is 3.06. The number of hydrogen-bond donors (Lipinski definition) is 2. The van der Waals surface area contributed by atoms with Crippen LogP contribution in [0.5, 0.6) is 5.75 Å². The van der Waals surface area contributed by atoms with Gasteiger partial charge in [-0.2, -0.15) is 0 Å². The van der Waals surface area contributed by atoms with Gasteiger partial charge in [-0.3, -0.25) is 4.79 Å². The van der Waals surface area contributed by atoms with Crippen molar-refractivity contribution in [2.24, 2.45) is 0 Å². The Morgan fingerprint density at radius 3 is 2.93 bits per heavy atom. The number of benzene rings is 1. The number of nitrogens with one attached hydrogen (secondary N) is 1. The van der Waals surface area contributed by atoms with Crippen LogP contribution in [0.3, 0.4) is 0 Å². The van der Waals surface area contributed by atoms with E-state index in [1.54, 1.807) is 25.3 Å². The SMILES string of the molecule is COc1ccc2c(=O)c(N)c[nH]c2c1. The predicted octanol–water partition coefficient (Wildman–Crippen LogP) is 1.12. The van der Waals surface area contributed by atoms with Crippen molar-refractivity contribution in [1.29, 1.82) is 0 Å². The highest BCUT2D eigenvalue weighted by molar-refractivity contribution is 5.82. The van der Waals surface area contributed by atoms with Crippen LogP contribution in [0.15, 0.2) is 29.2 Å². The van der Waals surface area contributed by atoms with E-state index in [1.165, 1.54) is 6.20 Å². The van der Waals surface area contributed by atoms with E-state index < -0.39 is 0 Å². The number of pyridine rings is 1. The van der Waals surface area contributed by atoms with Gasteiger partial charge in [-0.15, -0.1) is 0 Å². The molecular formula is C10H10N2O2. The molecule has 1 aromatic heterocycles. The Hall–Kier alpha value is -1.97. The zero-order valence-corrected chi connectivity index (χ0v) is 7.70. The maximum atomic E-state index is 11.5. The maximum absolute atomic E-state index is 11.5. The largest absolute Gasteiger partial charge is 0.497 e. The van der Waals surface area contributed by atoms with Gasteiger partial charge in [0.25, 0.3) is 0 Å². The van der Waals surface area contributed by atoms with Crippen LogP contribution < -0.4 is 15.9 Å². The fraction of sp³-hybridized carbons (Fsp3) is 0.100. The Balaban J connectivity index is 2.81. The summed E-state index contributed by atoms with van der Waals surface area (Å²) in [4.78, 5) is 14.5. The third-order valence-corrected chi connectivity index (χ3v) is 2.12. The average molecular weight is 190 g/mol. The number of hydrogen-bond acceptors (Lipinski definition) is 3. The molecule has 0 saturated carbocycles. The van der Waals surface area contributed by atoms with Crippen LogP contribution in [0.1, 0.15) is 0 Å². The Morgan fingerprint density at radius 2 is 2.21 bits per heavy atom. The van der Waals surface area contributed by atoms with Gasteiger partial charge >= 0.3 is 0 Å². The van der Waals surface area contributed by atoms with E-state index in [1.807, 2.05) is 0 Å². The van der Waals surface area contributed by atoms with E-state index in [2.05, 4.69) is 4.98 Å². The van der Waals surface area contributed by atoms with E-state index in [4.69, 9.17) is 10.5 Å². The summed E-state index contributed by atoms with van der Waals surface area (Å²) < 4.78 is 5.04. The highest BCUT2D eigenvalue weighted by atomic mass is 16.5. The molecule has 0 spiro atoms. The first-order chi connectivity index (χ1) is 6.72. The number of fused-ring (bicyclic) bond motifs is 1. The van der Waals surface area contributed by atoms with Crippen LogP contribution in [0.25, 0.3) is 10.9 Å².